The van der Waals surface area contributed by atoms with Gasteiger partial charge >= 0.3 is 0 Å². The summed E-state index contributed by atoms with van der Waals surface area (Å²) in [4.78, 5) is 0. The van der Waals surface area contributed by atoms with E-state index in [0.717, 1.165) is 11.3 Å². The van der Waals surface area contributed by atoms with Crippen LogP contribution in [0.1, 0.15) is 11.1 Å². The fourth-order valence-corrected chi connectivity index (χ4v) is 2.28. The number of nitrogens with zero attached hydrogens (tertiary/aromatic N) is 2. The SMILES string of the molecule is COc1cc(C=NN=C(N)SCc2ccccc2)ccc1F. The number of hydrogen-bond donors (Lipinski definition) is 1. The van der Waals surface area contributed by atoms with Crippen LogP contribution in [0.4, 0.5) is 4.39 Å². The molecule has 114 valence electrons. The third-order valence-electron chi connectivity index (χ3n) is 2.77. The molecule has 0 fully saturated rings. The molecule has 2 aromatic rings. The molecule has 0 radical (unpaired) electrons. The molecular weight excluding hydrogens is 301 g/mol. The summed E-state index contributed by atoms with van der Waals surface area (Å²) in [5.74, 6) is 0.483. The highest BCUT2D eigenvalue weighted by Gasteiger charge is 2.01. The number of ether oxygens (including phenoxy) is 1. The first kappa shape index (κ1) is 16.0. The summed E-state index contributed by atoms with van der Waals surface area (Å²) in [5, 5.41) is 8.17. The molecule has 0 unspecified atom stereocenters. The second kappa shape index (κ2) is 8.19. The van der Waals surface area contributed by atoms with E-state index < -0.39 is 5.82 Å². The monoisotopic (exact) mass is 317 g/mol. The van der Waals surface area contributed by atoms with Crippen molar-refractivity contribution in [3.63, 3.8) is 0 Å². The van der Waals surface area contributed by atoms with Crippen molar-refractivity contribution < 1.29 is 9.13 Å². The molecule has 2 aromatic carbocycles. The fourth-order valence-electron chi connectivity index (χ4n) is 1.67. The lowest BCUT2D eigenvalue weighted by atomic mass is 10.2. The van der Waals surface area contributed by atoms with Crippen LogP contribution in [0.3, 0.4) is 0 Å². The highest BCUT2D eigenvalue weighted by Crippen LogP contribution is 2.17. The minimum absolute atomic E-state index is 0.166. The van der Waals surface area contributed by atoms with E-state index in [4.69, 9.17) is 10.5 Å². The molecule has 2 N–H and O–H groups in total. The van der Waals surface area contributed by atoms with Crippen molar-refractivity contribution in [3.05, 3.63) is 65.5 Å². The highest BCUT2D eigenvalue weighted by molar-refractivity contribution is 8.13. The zero-order valence-electron chi connectivity index (χ0n) is 12.1. The number of thioether (sulfide) groups is 1. The Hall–Kier alpha value is -2.34. The van der Waals surface area contributed by atoms with Crippen molar-refractivity contribution in [1.29, 1.82) is 0 Å². The van der Waals surface area contributed by atoms with E-state index in [9.17, 15) is 4.39 Å². The van der Waals surface area contributed by atoms with Crippen molar-refractivity contribution in [1.82, 2.24) is 0 Å². The molecule has 0 aliphatic heterocycles. The molecule has 0 saturated heterocycles. The molecule has 0 aromatic heterocycles. The van der Waals surface area contributed by atoms with E-state index in [1.807, 2.05) is 30.3 Å². The average Bonchev–Trinajstić information content (AvgIpc) is 2.55. The Morgan fingerprint density at radius 3 is 2.77 bits per heavy atom. The zero-order chi connectivity index (χ0) is 15.8. The number of hydrogen-bond acceptors (Lipinski definition) is 4. The summed E-state index contributed by atoms with van der Waals surface area (Å²) in [6, 6.07) is 14.4. The molecule has 0 saturated carbocycles. The van der Waals surface area contributed by atoms with Crippen LogP contribution >= 0.6 is 11.8 Å². The van der Waals surface area contributed by atoms with Crippen molar-refractivity contribution >= 4 is 23.1 Å². The van der Waals surface area contributed by atoms with E-state index in [2.05, 4.69) is 10.2 Å². The van der Waals surface area contributed by atoms with Gasteiger partial charge in [-0.15, -0.1) is 5.10 Å². The first-order valence-electron chi connectivity index (χ1n) is 6.56. The smallest absolute Gasteiger partial charge is 0.180 e. The molecule has 6 heteroatoms. The highest BCUT2D eigenvalue weighted by atomic mass is 32.2. The van der Waals surface area contributed by atoms with Crippen LogP contribution in [0.25, 0.3) is 0 Å². The first-order valence-corrected chi connectivity index (χ1v) is 7.54. The molecule has 22 heavy (non-hydrogen) atoms. The van der Waals surface area contributed by atoms with Crippen LogP contribution in [0.2, 0.25) is 0 Å². The largest absolute Gasteiger partial charge is 0.494 e. The Morgan fingerprint density at radius 2 is 2.05 bits per heavy atom. The van der Waals surface area contributed by atoms with E-state index in [-0.39, 0.29) is 5.75 Å². The van der Waals surface area contributed by atoms with Crippen molar-refractivity contribution in [2.45, 2.75) is 5.75 Å². The standard InChI is InChI=1S/C16H16FN3OS/c1-21-15-9-13(7-8-14(15)17)10-19-20-16(18)22-11-12-5-3-2-4-6-12/h2-10H,11H2,1H3,(H2,18,20). The van der Waals surface area contributed by atoms with Crippen LogP contribution in [0.15, 0.2) is 58.7 Å². The number of rotatable bonds is 5. The summed E-state index contributed by atoms with van der Waals surface area (Å²) in [6.07, 6.45) is 1.50. The van der Waals surface area contributed by atoms with Gasteiger partial charge in [-0.25, -0.2) is 4.39 Å². The fraction of sp³-hybridized carbons (Fsp3) is 0.125. The quantitative estimate of drug-likeness (QED) is 0.522. The molecular formula is C16H16FN3OS. The summed E-state index contributed by atoms with van der Waals surface area (Å²) in [5.41, 5.74) is 7.63. The number of halogens is 1. The summed E-state index contributed by atoms with van der Waals surface area (Å²) in [6.45, 7) is 0. The van der Waals surface area contributed by atoms with Gasteiger partial charge in [-0.3, -0.25) is 0 Å². The molecule has 0 heterocycles. The molecule has 4 nitrogen and oxygen atoms in total. The summed E-state index contributed by atoms with van der Waals surface area (Å²) < 4.78 is 18.2. The average molecular weight is 317 g/mol. The maximum absolute atomic E-state index is 13.3. The lowest BCUT2D eigenvalue weighted by molar-refractivity contribution is 0.386. The minimum Gasteiger partial charge on any atom is -0.494 e. The summed E-state index contributed by atoms with van der Waals surface area (Å²) >= 11 is 1.40. The van der Waals surface area contributed by atoms with Gasteiger partial charge in [0.15, 0.2) is 16.7 Å². The predicted molar refractivity (Wildman–Crippen MR) is 89.9 cm³/mol. The van der Waals surface area contributed by atoms with Crippen LogP contribution in [0, 0.1) is 5.82 Å². The van der Waals surface area contributed by atoms with Crippen LogP contribution in [-0.2, 0) is 5.75 Å². The third kappa shape index (κ3) is 4.89. The first-order chi connectivity index (χ1) is 10.7. The third-order valence-corrected chi connectivity index (χ3v) is 3.62. The van der Waals surface area contributed by atoms with Gasteiger partial charge in [-0.1, -0.05) is 48.2 Å². The van der Waals surface area contributed by atoms with Gasteiger partial charge in [0, 0.05) is 5.75 Å². The zero-order valence-corrected chi connectivity index (χ0v) is 12.9. The van der Waals surface area contributed by atoms with Gasteiger partial charge < -0.3 is 10.5 Å². The van der Waals surface area contributed by atoms with Gasteiger partial charge in [-0.2, -0.15) is 5.10 Å². The Kier molecular flexibility index (Phi) is 5.97. The molecule has 0 aliphatic carbocycles. The van der Waals surface area contributed by atoms with Crippen molar-refractivity contribution in [2.24, 2.45) is 15.9 Å². The van der Waals surface area contributed by atoms with Gasteiger partial charge in [-0.05, 0) is 23.3 Å². The second-order valence-electron chi connectivity index (χ2n) is 4.35. The van der Waals surface area contributed by atoms with Crippen LogP contribution in [0.5, 0.6) is 5.75 Å². The molecule has 0 amide bonds. The molecule has 0 spiro atoms. The number of benzene rings is 2. The number of methoxy groups -OCH3 is 1. The Labute approximate surface area is 132 Å². The van der Waals surface area contributed by atoms with Crippen molar-refractivity contribution in [2.75, 3.05) is 7.11 Å². The lowest BCUT2D eigenvalue weighted by Gasteiger charge is -2.01. The normalized spacial score (nSPS) is 11.8. The van der Waals surface area contributed by atoms with Crippen LogP contribution < -0.4 is 10.5 Å². The van der Waals surface area contributed by atoms with Gasteiger partial charge in [0.25, 0.3) is 0 Å². The van der Waals surface area contributed by atoms with E-state index in [1.165, 1.54) is 31.2 Å². The van der Waals surface area contributed by atoms with E-state index >= 15 is 0 Å². The Morgan fingerprint density at radius 1 is 1.27 bits per heavy atom. The van der Waals surface area contributed by atoms with Gasteiger partial charge in [0.1, 0.15) is 0 Å². The second-order valence-corrected chi connectivity index (χ2v) is 5.35. The molecule has 2 rings (SSSR count). The lowest BCUT2D eigenvalue weighted by Crippen LogP contribution is -2.06. The van der Waals surface area contributed by atoms with E-state index in [1.54, 1.807) is 12.1 Å². The Bertz CT molecular complexity index is 674. The maximum Gasteiger partial charge on any atom is 0.180 e. The summed E-state index contributed by atoms with van der Waals surface area (Å²) in [7, 11) is 1.41. The van der Waals surface area contributed by atoms with Gasteiger partial charge in [0.05, 0.1) is 13.3 Å². The van der Waals surface area contributed by atoms with Crippen LogP contribution in [-0.4, -0.2) is 18.5 Å². The molecule has 0 aliphatic rings. The molecule has 0 bridgehead atoms. The van der Waals surface area contributed by atoms with Crippen molar-refractivity contribution in [3.8, 4) is 5.75 Å². The molecule has 0 atom stereocenters. The minimum atomic E-state index is -0.416. The van der Waals surface area contributed by atoms with Gasteiger partial charge in [0.2, 0.25) is 0 Å². The predicted octanol–water partition coefficient (Wildman–Crippen LogP) is 3.42. The topological polar surface area (TPSA) is 60.0 Å². The maximum atomic E-state index is 13.3. The number of nitrogens with two attached hydrogens (primary N) is 1. The number of amidine groups is 1. The van der Waals surface area contributed by atoms with E-state index in [0.29, 0.717) is 10.7 Å². The Balaban J connectivity index is 1.92.